The predicted molar refractivity (Wildman–Crippen MR) is 99.2 cm³/mol. The highest BCUT2D eigenvalue weighted by molar-refractivity contribution is 5.92. The van der Waals surface area contributed by atoms with E-state index in [1.54, 1.807) is 17.1 Å². The Hall–Kier alpha value is -1.93. The van der Waals surface area contributed by atoms with Crippen LogP contribution in [0.2, 0.25) is 0 Å². The number of carbonyl (C=O) groups excluding carboxylic acids is 2. The second-order valence-corrected chi connectivity index (χ2v) is 7.36. The molecule has 8 heteroatoms. The molecule has 1 saturated heterocycles. The molecule has 3 rings (SSSR count). The molecule has 0 bridgehead atoms. The molecule has 1 N–H and O–H groups in total. The van der Waals surface area contributed by atoms with Gasteiger partial charge in [0.15, 0.2) is 0 Å². The maximum Gasteiger partial charge on any atom is 0.271 e. The molecule has 150 valence electrons. The molecule has 1 aliphatic carbocycles. The Labute approximate surface area is 160 Å². The van der Waals surface area contributed by atoms with Crippen molar-refractivity contribution in [3.63, 3.8) is 0 Å². The smallest absolute Gasteiger partial charge is 0.271 e. The van der Waals surface area contributed by atoms with Gasteiger partial charge in [-0.1, -0.05) is 6.92 Å². The molecule has 2 heterocycles. The maximum absolute atomic E-state index is 12.8. The molecule has 1 aliphatic heterocycles. The minimum atomic E-state index is -0.191. The van der Waals surface area contributed by atoms with Crippen LogP contribution in [0.15, 0.2) is 12.5 Å². The highest BCUT2D eigenvalue weighted by Gasteiger charge is 2.37. The summed E-state index contributed by atoms with van der Waals surface area (Å²) in [5.74, 6) is -0.0467. The van der Waals surface area contributed by atoms with Crippen molar-refractivity contribution < 1.29 is 19.1 Å². The van der Waals surface area contributed by atoms with Gasteiger partial charge in [-0.2, -0.15) is 0 Å². The average Bonchev–Trinajstić information content (AvgIpc) is 3.14. The summed E-state index contributed by atoms with van der Waals surface area (Å²) in [5.41, 5.74) is 0.401. The summed E-state index contributed by atoms with van der Waals surface area (Å²) in [6, 6.07) is -0.0974. The molecule has 1 saturated carbocycles. The fraction of sp³-hybridized carbons (Fsp3) is 0.737. The monoisotopic (exact) mass is 378 g/mol. The van der Waals surface area contributed by atoms with Gasteiger partial charge in [-0.15, -0.1) is 0 Å². The number of ether oxygens (including phenoxy) is 2. The molecule has 8 nitrogen and oxygen atoms in total. The third-order valence-corrected chi connectivity index (χ3v) is 5.25. The van der Waals surface area contributed by atoms with Gasteiger partial charge >= 0.3 is 0 Å². The van der Waals surface area contributed by atoms with E-state index in [1.165, 1.54) is 0 Å². The fourth-order valence-electron chi connectivity index (χ4n) is 3.79. The summed E-state index contributed by atoms with van der Waals surface area (Å²) in [5, 5.41) is 3.06. The van der Waals surface area contributed by atoms with Gasteiger partial charge < -0.3 is 24.3 Å². The van der Waals surface area contributed by atoms with Crippen LogP contribution >= 0.6 is 0 Å². The molecular weight excluding hydrogens is 348 g/mol. The summed E-state index contributed by atoms with van der Waals surface area (Å²) < 4.78 is 13.1. The number of hydrogen-bond acceptors (Lipinski definition) is 5. The summed E-state index contributed by atoms with van der Waals surface area (Å²) >= 11 is 0. The largest absolute Gasteiger partial charge is 0.378 e. The molecule has 2 amide bonds. The molecule has 27 heavy (non-hydrogen) atoms. The Bertz CT molecular complexity index is 641. The Kier molecular flexibility index (Phi) is 6.84. The first-order chi connectivity index (χ1) is 13.1. The number of morpholine rings is 1. The van der Waals surface area contributed by atoms with E-state index < -0.39 is 0 Å². The quantitative estimate of drug-likeness (QED) is 0.797. The van der Waals surface area contributed by atoms with E-state index in [-0.39, 0.29) is 29.9 Å². The van der Waals surface area contributed by atoms with Crippen molar-refractivity contribution in [2.45, 2.75) is 44.8 Å². The average molecular weight is 378 g/mol. The first-order valence-electron chi connectivity index (χ1n) is 9.85. The number of rotatable bonds is 6. The lowest BCUT2D eigenvalue weighted by Crippen LogP contribution is -2.51. The molecule has 0 aromatic carbocycles. The van der Waals surface area contributed by atoms with Crippen LogP contribution in [0, 0.1) is 5.92 Å². The van der Waals surface area contributed by atoms with Crippen molar-refractivity contribution in [2.24, 2.45) is 13.0 Å². The van der Waals surface area contributed by atoms with Crippen molar-refractivity contribution in [3.05, 3.63) is 18.2 Å². The van der Waals surface area contributed by atoms with Gasteiger partial charge in [0.25, 0.3) is 5.91 Å². The predicted octanol–water partition coefficient (Wildman–Crippen LogP) is 0.973. The van der Waals surface area contributed by atoms with Crippen LogP contribution < -0.4 is 5.32 Å². The maximum atomic E-state index is 12.8. The third-order valence-electron chi connectivity index (χ3n) is 5.25. The van der Waals surface area contributed by atoms with Crippen molar-refractivity contribution in [2.75, 3.05) is 32.9 Å². The van der Waals surface area contributed by atoms with E-state index >= 15 is 0 Å². The number of carbonyl (C=O) groups is 2. The van der Waals surface area contributed by atoms with E-state index in [0.717, 1.165) is 19.3 Å². The SMILES string of the molecule is CCCO[C@@H]1C[C@@H](C(=O)N2CCOCC2)CC[C@H]1NC(=O)c1cn(C)cn1. The van der Waals surface area contributed by atoms with Crippen LogP contribution in [0.1, 0.15) is 43.1 Å². The summed E-state index contributed by atoms with van der Waals surface area (Å²) in [6.45, 7) is 5.22. The number of hydrogen-bond donors (Lipinski definition) is 1. The first kappa shape index (κ1) is 19.8. The van der Waals surface area contributed by atoms with Gasteiger partial charge in [-0.3, -0.25) is 9.59 Å². The zero-order valence-electron chi connectivity index (χ0n) is 16.2. The summed E-state index contributed by atoms with van der Waals surface area (Å²) in [6.07, 6.45) is 6.19. The van der Waals surface area contributed by atoms with Crippen molar-refractivity contribution in [3.8, 4) is 0 Å². The van der Waals surface area contributed by atoms with Crippen molar-refractivity contribution in [1.29, 1.82) is 0 Å². The zero-order valence-corrected chi connectivity index (χ0v) is 16.2. The number of aryl methyl sites for hydroxylation is 1. The van der Waals surface area contributed by atoms with E-state index in [0.29, 0.717) is 45.0 Å². The van der Waals surface area contributed by atoms with Gasteiger partial charge in [-0.25, -0.2) is 4.98 Å². The van der Waals surface area contributed by atoms with Crippen LogP contribution in [0.4, 0.5) is 0 Å². The Balaban J connectivity index is 1.61. The summed E-state index contributed by atoms with van der Waals surface area (Å²) in [7, 11) is 1.83. The van der Waals surface area contributed by atoms with E-state index in [9.17, 15) is 9.59 Å². The fourth-order valence-corrected chi connectivity index (χ4v) is 3.79. The highest BCUT2D eigenvalue weighted by Crippen LogP contribution is 2.29. The lowest BCUT2D eigenvalue weighted by atomic mass is 9.82. The molecular formula is C19H30N4O4. The molecule has 1 aromatic rings. The van der Waals surface area contributed by atoms with Gasteiger partial charge in [0, 0.05) is 38.9 Å². The Morgan fingerprint density at radius 2 is 2.11 bits per heavy atom. The standard InChI is InChI=1S/C19H30N4O4/c1-3-8-27-17-11-14(19(25)23-6-9-26-10-7-23)4-5-15(17)21-18(24)16-12-22(2)13-20-16/h12-15,17H,3-11H2,1-2H3,(H,21,24)/t14-,15+,17+/m0/s1. The van der Waals surface area contributed by atoms with Crippen LogP contribution in [0.3, 0.4) is 0 Å². The van der Waals surface area contributed by atoms with Crippen LogP contribution in [-0.2, 0) is 21.3 Å². The normalized spacial score (nSPS) is 26.0. The molecule has 0 radical (unpaired) electrons. The molecule has 3 atom stereocenters. The minimum absolute atomic E-state index is 0.0482. The minimum Gasteiger partial charge on any atom is -0.378 e. The Morgan fingerprint density at radius 1 is 1.33 bits per heavy atom. The van der Waals surface area contributed by atoms with Crippen LogP contribution in [0.5, 0.6) is 0 Å². The zero-order chi connectivity index (χ0) is 19.2. The molecule has 2 aliphatic rings. The molecule has 1 aromatic heterocycles. The second-order valence-electron chi connectivity index (χ2n) is 7.36. The number of aromatic nitrogens is 2. The number of imidazole rings is 1. The van der Waals surface area contributed by atoms with E-state index in [1.807, 2.05) is 11.9 Å². The topological polar surface area (TPSA) is 85.7 Å². The van der Waals surface area contributed by atoms with E-state index in [2.05, 4.69) is 17.2 Å². The van der Waals surface area contributed by atoms with E-state index in [4.69, 9.17) is 9.47 Å². The molecule has 0 unspecified atom stereocenters. The lowest BCUT2D eigenvalue weighted by molar-refractivity contribution is -0.143. The third kappa shape index (κ3) is 5.07. The van der Waals surface area contributed by atoms with Crippen molar-refractivity contribution >= 4 is 11.8 Å². The number of amides is 2. The summed E-state index contributed by atoms with van der Waals surface area (Å²) in [4.78, 5) is 31.3. The van der Waals surface area contributed by atoms with Gasteiger partial charge in [0.05, 0.1) is 31.7 Å². The molecule has 0 spiro atoms. The highest BCUT2D eigenvalue weighted by atomic mass is 16.5. The van der Waals surface area contributed by atoms with Gasteiger partial charge in [-0.05, 0) is 25.7 Å². The van der Waals surface area contributed by atoms with Crippen LogP contribution in [0.25, 0.3) is 0 Å². The van der Waals surface area contributed by atoms with Gasteiger partial charge in [0.2, 0.25) is 5.91 Å². The van der Waals surface area contributed by atoms with Gasteiger partial charge in [0.1, 0.15) is 5.69 Å². The lowest BCUT2D eigenvalue weighted by Gasteiger charge is -2.38. The number of nitrogens with zero attached hydrogens (tertiary/aromatic N) is 3. The first-order valence-corrected chi connectivity index (χ1v) is 9.85. The molecule has 2 fully saturated rings. The van der Waals surface area contributed by atoms with Crippen LogP contribution in [-0.4, -0.2) is 71.3 Å². The Morgan fingerprint density at radius 3 is 2.78 bits per heavy atom. The number of nitrogens with one attached hydrogen (secondary N) is 1. The van der Waals surface area contributed by atoms with Crippen molar-refractivity contribution in [1.82, 2.24) is 19.8 Å². The second kappa shape index (κ2) is 9.32.